The van der Waals surface area contributed by atoms with Gasteiger partial charge in [-0.05, 0) is 35.9 Å². The number of rotatable bonds is 5. The molecule has 0 unspecified atom stereocenters. The molecular formula is C18H19Cl3N2. The molecule has 0 saturated heterocycles. The Kier molecular flexibility index (Phi) is 6.37. The van der Waals surface area contributed by atoms with Gasteiger partial charge in [0.25, 0.3) is 0 Å². The van der Waals surface area contributed by atoms with Crippen LogP contribution in [0.1, 0.15) is 18.1 Å². The van der Waals surface area contributed by atoms with Crippen LogP contribution < -0.4 is 5.32 Å². The molecule has 3 aromatic rings. The molecule has 0 aliphatic heterocycles. The number of benzene rings is 2. The number of para-hydroxylation sites is 1. The lowest BCUT2D eigenvalue weighted by Gasteiger charge is -2.08. The molecule has 23 heavy (non-hydrogen) atoms. The van der Waals surface area contributed by atoms with E-state index < -0.39 is 0 Å². The zero-order valence-corrected chi connectivity index (χ0v) is 15.2. The van der Waals surface area contributed by atoms with Crippen molar-refractivity contribution in [3.8, 4) is 0 Å². The fraction of sp³-hybridized carbons (Fsp3) is 0.222. The van der Waals surface area contributed by atoms with Crippen molar-refractivity contribution < 1.29 is 0 Å². The minimum atomic E-state index is 0. The van der Waals surface area contributed by atoms with Crippen LogP contribution in [-0.2, 0) is 13.1 Å². The predicted octanol–water partition coefficient (Wildman–Crippen LogP) is 5.53. The highest BCUT2D eigenvalue weighted by atomic mass is 35.5. The maximum atomic E-state index is 6.31. The summed E-state index contributed by atoms with van der Waals surface area (Å²) < 4.78 is 2.25. The number of halogens is 3. The van der Waals surface area contributed by atoms with Crippen LogP contribution in [-0.4, -0.2) is 11.1 Å². The Morgan fingerprint density at radius 1 is 1.04 bits per heavy atom. The molecule has 0 aliphatic rings. The van der Waals surface area contributed by atoms with E-state index in [2.05, 4.69) is 47.3 Å². The molecule has 0 aliphatic carbocycles. The van der Waals surface area contributed by atoms with Crippen LogP contribution in [0.5, 0.6) is 0 Å². The largest absolute Gasteiger partial charge is 0.343 e. The highest BCUT2D eigenvalue weighted by Gasteiger charge is 2.09. The van der Waals surface area contributed by atoms with Gasteiger partial charge in [-0.2, -0.15) is 0 Å². The Balaban J connectivity index is 0.00000192. The normalized spacial score (nSPS) is 10.7. The fourth-order valence-corrected chi connectivity index (χ4v) is 3.16. The van der Waals surface area contributed by atoms with Crippen molar-refractivity contribution in [2.24, 2.45) is 0 Å². The Morgan fingerprint density at radius 3 is 2.57 bits per heavy atom. The van der Waals surface area contributed by atoms with E-state index in [1.54, 1.807) is 6.07 Å². The molecule has 1 heterocycles. The number of fused-ring (bicyclic) bond motifs is 1. The van der Waals surface area contributed by atoms with Crippen molar-refractivity contribution in [3.63, 3.8) is 0 Å². The molecular weight excluding hydrogens is 351 g/mol. The second-order valence-corrected chi connectivity index (χ2v) is 6.16. The van der Waals surface area contributed by atoms with Gasteiger partial charge in [0.2, 0.25) is 0 Å². The summed E-state index contributed by atoms with van der Waals surface area (Å²) in [5.74, 6) is 0. The van der Waals surface area contributed by atoms with Crippen LogP contribution in [0.3, 0.4) is 0 Å². The second-order valence-electron chi connectivity index (χ2n) is 5.32. The minimum absolute atomic E-state index is 0. The summed E-state index contributed by atoms with van der Waals surface area (Å²) in [4.78, 5) is 0. The molecule has 0 fully saturated rings. The van der Waals surface area contributed by atoms with Gasteiger partial charge >= 0.3 is 0 Å². The number of aromatic nitrogens is 1. The SMILES string of the molecule is CCNCc1cn(Cc2ccc(Cl)cc2Cl)c2ccccc12.Cl. The number of hydrogen-bond donors (Lipinski definition) is 1. The van der Waals surface area contributed by atoms with Crippen LogP contribution in [0, 0.1) is 0 Å². The van der Waals surface area contributed by atoms with Gasteiger partial charge in [0.1, 0.15) is 0 Å². The lowest BCUT2D eigenvalue weighted by atomic mass is 10.2. The third-order valence-electron chi connectivity index (χ3n) is 3.79. The summed E-state index contributed by atoms with van der Waals surface area (Å²) >= 11 is 12.3. The zero-order chi connectivity index (χ0) is 15.5. The summed E-state index contributed by atoms with van der Waals surface area (Å²) in [6.07, 6.45) is 2.21. The van der Waals surface area contributed by atoms with E-state index >= 15 is 0 Å². The zero-order valence-electron chi connectivity index (χ0n) is 12.9. The summed E-state index contributed by atoms with van der Waals surface area (Å²) in [6, 6.07) is 14.1. The Morgan fingerprint density at radius 2 is 1.83 bits per heavy atom. The molecule has 0 amide bonds. The van der Waals surface area contributed by atoms with Gasteiger partial charge in [0.05, 0.1) is 0 Å². The van der Waals surface area contributed by atoms with E-state index in [1.165, 1.54) is 16.5 Å². The van der Waals surface area contributed by atoms with Gasteiger partial charge in [0, 0.05) is 40.2 Å². The van der Waals surface area contributed by atoms with Crippen molar-refractivity contribution in [1.29, 1.82) is 0 Å². The first kappa shape index (κ1) is 18.2. The molecule has 0 atom stereocenters. The first-order chi connectivity index (χ1) is 10.7. The average molecular weight is 370 g/mol. The van der Waals surface area contributed by atoms with Gasteiger partial charge < -0.3 is 9.88 Å². The molecule has 0 radical (unpaired) electrons. The van der Waals surface area contributed by atoms with E-state index in [4.69, 9.17) is 23.2 Å². The average Bonchev–Trinajstić information content (AvgIpc) is 2.86. The second kappa shape index (κ2) is 8.07. The van der Waals surface area contributed by atoms with E-state index in [9.17, 15) is 0 Å². The van der Waals surface area contributed by atoms with E-state index in [1.807, 2.05) is 12.1 Å². The Bertz CT molecular complexity index is 796. The highest BCUT2D eigenvalue weighted by molar-refractivity contribution is 6.35. The fourth-order valence-electron chi connectivity index (χ4n) is 2.69. The Labute approximate surface area is 152 Å². The van der Waals surface area contributed by atoms with Gasteiger partial charge in [-0.25, -0.2) is 0 Å². The summed E-state index contributed by atoms with van der Waals surface area (Å²) in [5.41, 5.74) is 3.60. The van der Waals surface area contributed by atoms with Crippen molar-refractivity contribution >= 4 is 46.5 Å². The first-order valence-electron chi connectivity index (χ1n) is 7.40. The molecule has 2 aromatic carbocycles. The van der Waals surface area contributed by atoms with Crippen LogP contribution in [0.15, 0.2) is 48.7 Å². The van der Waals surface area contributed by atoms with Gasteiger partial charge in [0.15, 0.2) is 0 Å². The third-order valence-corrected chi connectivity index (χ3v) is 4.38. The molecule has 2 nitrogen and oxygen atoms in total. The van der Waals surface area contributed by atoms with E-state index in [0.29, 0.717) is 10.0 Å². The Hall–Kier alpha value is -1.19. The van der Waals surface area contributed by atoms with Crippen LogP contribution in [0.2, 0.25) is 10.0 Å². The molecule has 1 N–H and O–H groups in total. The summed E-state index contributed by atoms with van der Waals surface area (Å²) in [7, 11) is 0. The predicted molar refractivity (Wildman–Crippen MR) is 102 cm³/mol. The number of nitrogens with one attached hydrogen (secondary N) is 1. The summed E-state index contributed by atoms with van der Waals surface area (Å²) in [5, 5.41) is 6.05. The maximum Gasteiger partial charge on any atom is 0.0491 e. The first-order valence-corrected chi connectivity index (χ1v) is 8.16. The molecule has 122 valence electrons. The maximum absolute atomic E-state index is 6.31. The van der Waals surface area contributed by atoms with Gasteiger partial charge in [-0.15, -0.1) is 12.4 Å². The topological polar surface area (TPSA) is 17.0 Å². The quantitative estimate of drug-likeness (QED) is 0.626. The number of hydrogen-bond acceptors (Lipinski definition) is 1. The summed E-state index contributed by atoms with van der Waals surface area (Å²) in [6.45, 7) is 4.69. The van der Waals surface area contributed by atoms with Gasteiger partial charge in [-0.3, -0.25) is 0 Å². The number of nitrogens with zero attached hydrogens (tertiary/aromatic N) is 1. The van der Waals surface area contributed by atoms with Crippen LogP contribution in [0.25, 0.3) is 10.9 Å². The minimum Gasteiger partial charge on any atom is -0.343 e. The molecule has 0 spiro atoms. The monoisotopic (exact) mass is 368 g/mol. The van der Waals surface area contributed by atoms with Crippen molar-refractivity contribution in [2.45, 2.75) is 20.0 Å². The van der Waals surface area contributed by atoms with Gasteiger partial charge in [-0.1, -0.05) is 54.4 Å². The molecule has 5 heteroatoms. The van der Waals surface area contributed by atoms with E-state index in [-0.39, 0.29) is 12.4 Å². The van der Waals surface area contributed by atoms with E-state index in [0.717, 1.165) is 25.2 Å². The van der Waals surface area contributed by atoms with Crippen molar-refractivity contribution in [1.82, 2.24) is 9.88 Å². The van der Waals surface area contributed by atoms with Crippen LogP contribution >= 0.6 is 35.6 Å². The molecule has 3 rings (SSSR count). The van der Waals surface area contributed by atoms with Crippen molar-refractivity contribution in [3.05, 3.63) is 69.8 Å². The lowest BCUT2D eigenvalue weighted by molar-refractivity contribution is 0.724. The third kappa shape index (κ3) is 4.02. The smallest absolute Gasteiger partial charge is 0.0491 e. The van der Waals surface area contributed by atoms with Crippen molar-refractivity contribution in [2.75, 3.05) is 6.54 Å². The van der Waals surface area contributed by atoms with Crippen LogP contribution in [0.4, 0.5) is 0 Å². The molecule has 1 aromatic heterocycles. The molecule has 0 saturated carbocycles. The molecule has 0 bridgehead atoms. The lowest BCUT2D eigenvalue weighted by Crippen LogP contribution is -2.11. The highest BCUT2D eigenvalue weighted by Crippen LogP contribution is 2.26. The standard InChI is InChI=1S/C18H18Cl2N2.ClH/c1-2-21-10-14-12-22(18-6-4-3-5-16(14)18)11-13-7-8-15(19)9-17(13)20;/h3-9,12,21H,2,10-11H2,1H3;1H.